The summed E-state index contributed by atoms with van der Waals surface area (Å²) >= 11 is 3.03. The maximum Gasteiger partial charge on any atom is 0.323 e. The van der Waals surface area contributed by atoms with Crippen LogP contribution in [0.2, 0.25) is 0 Å². The number of aromatic nitrogens is 2. The van der Waals surface area contributed by atoms with E-state index in [1.807, 2.05) is 5.38 Å². The fourth-order valence-corrected chi connectivity index (χ4v) is 3.38. The number of hydrogen-bond donors (Lipinski definition) is 1. The van der Waals surface area contributed by atoms with E-state index in [2.05, 4.69) is 20.7 Å². The van der Waals surface area contributed by atoms with Crippen molar-refractivity contribution in [2.75, 3.05) is 12.4 Å². The Bertz CT molecular complexity index is 577. The molecule has 2 aromatic rings. The Morgan fingerprint density at radius 3 is 3.00 bits per heavy atom. The fourth-order valence-electron chi connectivity index (χ4n) is 2.05. The Hall–Kier alpha value is -1.47. The van der Waals surface area contributed by atoms with Crippen molar-refractivity contribution in [1.82, 2.24) is 14.9 Å². The highest BCUT2D eigenvalue weighted by molar-refractivity contribution is 7.13. The van der Waals surface area contributed by atoms with Crippen LogP contribution in [0.4, 0.5) is 9.93 Å². The molecule has 2 amide bonds. The molecule has 0 aromatic carbocycles. The minimum Gasteiger partial charge on any atom is -0.322 e. The summed E-state index contributed by atoms with van der Waals surface area (Å²) in [6.07, 6.45) is 3.74. The second-order valence-corrected chi connectivity index (χ2v) is 6.55. The average Bonchev–Trinajstić information content (AvgIpc) is 2.99. The zero-order valence-electron chi connectivity index (χ0n) is 11.2. The van der Waals surface area contributed by atoms with E-state index in [0.29, 0.717) is 17.6 Å². The summed E-state index contributed by atoms with van der Waals surface area (Å²) in [4.78, 5) is 22.3. The van der Waals surface area contributed by atoms with Crippen LogP contribution in [-0.2, 0) is 6.54 Å². The summed E-state index contributed by atoms with van der Waals surface area (Å²) < 4.78 is 0. The predicted molar refractivity (Wildman–Crippen MR) is 81.3 cm³/mol. The first-order chi connectivity index (χ1) is 9.72. The van der Waals surface area contributed by atoms with Gasteiger partial charge in [0.2, 0.25) is 0 Å². The van der Waals surface area contributed by atoms with E-state index in [-0.39, 0.29) is 6.03 Å². The van der Waals surface area contributed by atoms with Crippen LogP contribution in [-0.4, -0.2) is 27.9 Å². The van der Waals surface area contributed by atoms with Crippen LogP contribution in [0, 0.1) is 0 Å². The van der Waals surface area contributed by atoms with Gasteiger partial charge in [-0.1, -0.05) is 6.42 Å². The Labute approximate surface area is 125 Å². The lowest BCUT2D eigenvalue weighted by atomic mass is 9.83. The number of thiazole rings is 2. The fraction of sp³-hybridized carbons (Fsp3) is 0.462. The monoisotopic (exact) mass is 308 g/mol. The smallest absolute Gasteiger partial charge is 0.322 e. The third-order valence-electron chi connectivity index (χ3n) is 3.49. The molecule has 20 heavy (non-hydrogen) atoms. The summed E-state index contributed by atoms with van der Waals surface area (Å²) in [5, 5.41) is 7.53. The van der Waals surface area contributed by atoms with Gasteiger partial charge in [-0.15, -0.1) is 22.7 Å². The van der Waals surface area contributed by atoms with Crippen LogP contribution in [0.15, 0.2) is 16.3 Å². The highest BCUT2D eigenvalue weighted by Crippen LogP contribution is 2.37. The van der Waals surface area contributed by atoms with Gasteiger partial charge in [0.25, 0.3) is 0 Å². The molecule has 0 bridgehead atoms. The summed E-state index contributed by atoms with van der Waals surface area (Å²) in [6.45, 7) is 0.510. The zero-order chi connectivity index (χ0) is 13.9. The van der Waals surface area contributed by atoms with Crippen molar-refractivity contribution in [2.45, 2.75) is 31.7 Å². The minimum absolute atomic E-state index is 0.146. The normalized spacial score (nSPS) is 14.8. The van der Waals surface area contributed by atoms with E-state index in [4.69, 9.17) is 0 Å². The topological polar surface area (TPSA) is 58.1 Å². The van der Waals surface area contributed by atoms with E-state index in [1.165, 1.54) is 41.9 Å². The van der Waals surface area contributed by atoms with Gasteiger partial charge in [0.1, 0.15) is 0 Å². The van der Waals surface area contributed by atoms with E-state index in [0.717, 1.165) is 11.4 Å². The number of anilines is 1. The molecule has 1 aliphatic carbocycles. The average molecular weight is 308 g/mol. The van der Waals surface area contributed by atoms with Crippen molar-refractivity contribution in [3.63, 3.8) is 0 Å². The first-order valence-electron chi connectivity index (χ1n) is 6.57. The van der Waals surface area contributed by atoms with Gasteiger partial charge in [-0.05, 0) is 12.8 Å². The molecule has 2 heterocycles. The Balaban J connectivity index is 1.56. The predicted octanol–water partition coefficient (Wildman–Crippen LogP) is 3.53. The second kappa shape index (κ2) is 5.88. The van der Waals surface area contributed by atoms with Gasteiger partial charge in [-0.25, -0.2) is 14.8 Å². The first kappa shape index (κ1) is 13.5. The number of nitrogens with one attached hydrogen (secondary N) is 1. The standard InChI is InChI=1S/C13H16N4OS2/c1-17(5-10-6-19-8-14-10)13(18)16-12-15-11(7-20-12)9-3-2-4-9/h6-9H,2-5H2,1H3,(H,15,16,18). The van der Waals surface area contributed by atoms with E-state index >= 15 is 0 Å². The maximum absolute atomic E-state index is 12.1. The number of rotatable bonds is 4. The molecule has 0 saturated heterocycles. The van der Waals surface area contributed by atoms with Crippen molar-refractivity contribution >= 4 is 33.8 Å². The van der Waals surface area contributed by atoms with E-state index in [9.17, 15) is 4.79 Å². The highest BCUT2D eigenvalue weighted by Gasteiger charge is 2.22. The maximum atomic E-state index is 12.1. The molecule has 2 aromatic heterocycles. The summed E-state index contributed by atoms with van der Waals surface area (Å²) in [5.41, 5.74) is 3.80. The summed E-state index contributed by atoms with van der Waals surface area (Å²) in [5.74, 6) is 0.602. The van der Waals surface area contributed by atoms with Crippen molar-refractivity contribution < 1.29 is 4.79 Å². The molecule has 106 valence electrons. The Kier molecular flexibility index (Phi) is 3.98. The Morgan fingerprint density at radius 2 is 2.35 bits per heavy atom. The van der Waals surface area contributed by atoms with Crippen LogP contribution in [0.5, 0.6) is 0 Å². The molecule has 0 spiro atoms. The minimum atomic E-state index is -0.146. The van der Waals surface area contributed by atoms with Gasteiger partial charge in [0.05, 0.1) is 23.4 Å². The lowest BCUT2D eigenvalue weighted by Gasteiger charge is -2.23. The molecule has 0 radical (unpaired) electrons. The molecule has 1 aliphatic rings. The largest absolute Gasteiger partial charge is 0.323 e. The van der Waals surface area contributed by atoms with E-state index in [1.54, 1.807) is 17.5 Å². The number of carbonyl (C=O) groups is 1. The van der Waals surface area contributed by atoms with Gasteiger partial charge in [0.15, 0.2) is 5.13 Å². The van der Waals surface area contributed by atoms with Crippen molar-refractivity contribution in [3.05, 3.63) is 27.7 Å². The van der Waals surface area contributed by atoms with Crippen molar-refractivity contribution in [3.8, 4) is 0 Å². The highest BCUT2D eigenvalue weighted by atomic mass is 32.1. The number of urea groups is 1. The molecule has 0 aliphatic heterocycles. The molecule has 0 unspecified atom stereocenters. The van der Waals surface area contributed by atoms with Crippen LogP contribution < -0.4 is 5.32 Å². The molecule has 1 N–H and O–H groups in total. The van der Waals surface area contributed by atoms with Crippen LogP contribution in [0.3, 0.4) is 0 Å². The molecule has 3 rings (SSSR count). The molecule has 1 saturated carbocycles. The van der Waals surface area contributed by atoms with E-state index < -0.39 is 0 Å². The van der Waals surface area contributed by atoms with Gasteiger partial charge >= 0.3 is 6.03 Å². The molecular formula is C13H16N4OS2. The number of amides is 2. The Morgan fingerprint density at radius 1 is 1.50 bits per heavy atom. The van der Waals surface area contributed by atoms with Crippen molar-refractivity contribution in [2.24, 2.45) is 0 Å². The lowest BCUT2D eigenvalue weighted by Crippen LogP contribution is -2.30. The summed E-state index contributed by atoms with van der Waals surface area (Å²) in [6, 6.07) is -0.146. The van der Waals surface area contributed by atoms with Gasteiger partial charge in [-0.2, -0.15) is 0 Å². The number of carbonyl (C=O) groups excluding carboxylic acids is 1. The van der Waals surface area contributed by atoms with Crippen LogP contribution in [0.25, 0.3) is 0 Å². The third kappa shape index (κ3) is 2.99. The molecule has 0 atom stereocenters. The van der Waals surface area contributed by atoms with Crippen molar-refractivity contribution in [1.29, 1.82) is 0 Å². The van der Waals surface area contributed by atoms with Gasteiger partial charge in [-0.3, -0.25) is 5.32 Å². The SMILES string of the molecule is CN(Cc1cscn1)C(=O)Nc1nc(C2CCC2)cs1. The first-order valence-corrected chi connectivity index (χ1v) is 8.39. The molecular weight excluding hydrogens is 292 g/mol. The summed E-state index contributed by atoms with van der Waals surface area (Å²) in [7, 11) is 1.76. The number of hydrogen-bond acceptors (Lipinski definition) is 5. The molecule has 7 heteroatoms. The van der Waals surface area contributed by atoms with Gasteiger partial charge in [0, 0.05) is 23.7 Å². The molecule has 1 fully saturated rings. The third-order valence-corrected chi connectivity index (χ3v) is 4.90. The molecule has 5 nitrogen and oxygen atoms in total. The second-order valence-electron chi connectivity index (χ2n) is 4.97. The quantitative estimate of drug-likeness (QED) is 0.940. The zero-order valence-corrected chi connectivity index (χ0v) is 12.8. The lowest BCUT2D eigenvalue weighted by molar-refractivity contribution is 0.220. The van der Waals surface area contributed by atoms with Gasteiger partial charge < -0.3 is 4.90 Å². The van der Waals surface area contributed by atoms with Crippen LogP contribution >= 0.6 is 22.7 Å². The number of nitrogens with zero attached hydrogens (tertiary/aromatic N) is 3. The van der Waals surface area contributed by atoms with Crippen LogP contribution in [0.1, 0.15) is 36.6 Å².